The second-order valence-corrected chi connectivity index (χ2v) is 5.18. The monoisotopic (exact) mass is 212 g/mol. The summed E-state index contributed by atoms with van der Waals surface area (Å²) in [4.78, 5) is 2.36. The summed E-state index contributed by atoms with van der Waals surface area (Å²) in [6.07, 6.45) is 4.54. The first-order chi connectivity index (χ1) is 7.25. The molecule has 0 unspecified atom stereocenters. The van der Waals surface area contributed by atoms with E-state index in [4.69, 9.17) is 4.74 Å². The summed E-state index contributed by atoms with van der Waals surface area (Å²) in [6, 6.07) is 0.737. The van der Waals surface area contributed by atoms with E-state index in [1.54, 1.807) is 0 Å². The Morgan fingerprint density at radius 2 is 2.27 bits per heavy atom. The zero-order valence-electron chi connectivity index (χ0n) is 10.0. The maximum absolute atomic E-state index is 5.74. The summed E-state index contributed by atoms with van der Waals surface area (Å²) in [5, 5.41) is 3.67. The molecule has 0 aromatic rings. The van der Waals surface area contributed by atoms with Gasteiger partial charge in [0.15, 0.2) is 0 Å². The standard InChI is InChI=1S/C12H24N2O/c1-10-4-3-5-12(10)13-8-11-9-14(2)6-7-15-11/h10-13H,3-9H2,1-2H3/t10-,11-,12+/m1/s1. The normalized spacial score (nSPS) is 38.4. The molecule has 0 amide bonds. The third-order valence-corrected chi connectivity index (χ3v) is 3.81. The lowest BCUT2D eigenvalue weighted by atomic mass is 10.1. The molecule has 1 saturated heterocycles. The molecular weight excluding hydrogens is 188 g/mol. The van der Waals surface area contributed by atoms with Crippen molar-refractivity contribution in [3.8, 4) is 0 Å². The van der Waals surface area contributed by atoms with Gasteiger partial charge in [-0.25, -0.2) is 0 Å². The molecule has 1 heterocycles. The summed E-state index contributed by atoms with van der Waals surface area (Å²) in [6.45, 7) is 6.44. The van der Waals surface area contributed by atoms with Crippen LogP contribution in [0.1, 0.15) is 26.2 Å². The van der Waals surface area contributed by atoms with Gasteiger partial charge < -0.3 is 15.0 Å². The Labute approximate surface area is 93.2 Å². The van der Waals surface area contributed by atoms with Crippen LogP contribution in [0.4, 0.5) is 0 Å². The minimum absolute atomic E-state index is 0.400. The van der Waals surface area contributed by atoms with Gasteiger partial charge >= 0.3 is 0 Å². The third kappa shape index (κ3) is 3.16. The second kappa shape index (κ2) is 5.28. The lowest BCUT2D eigenvalue weighted by molar-refractivity contribution is -0.0196. The van der Waals surface area contributed by atoms with Gasteiger partial charge in [0, 0.05) is 25.7 Å². The quantitative estimate of drug-likeness (QED) is 0.758. The van der Waals surface area contributed by atoms with Gasteiger partial charge in [0.2, 0.25) is 0 Å². The van der Waals surface area contributed by atoms with Gasteiger partial charge in [-0.15, -0.1) is 0 Å². The van der Waals surface area contributed by atoms with Crippen molar-refractivity contribution in [3.05, 3.63) is 0 Å². The Bertz CT molecular complexity index is 198. The van der Waals surface area contributed by atoms with Gasteiger partial charge in [-0.1, -0.05) is 13.3 Å². The Hall–Kier alpha value is -0.120. The molecule has 0 aromatic heterocycles. The van der Waals surface area contributed by atoms with Crippen molar-refractivity contribution in [1.29, 1.82) is 0 Å². The van der Waals surface area contributed by atoms with E-state index in [0.29, 0.717) is 6.10 Å². The van der Waals surface area contributed by atoms with E-state index in [1.165, 1.54) is 19.3 Å². The van der Waals surface area contributed by atoms with Gasteiger partial charge in [-0.3, -0.25) is 0 Å². The summed E-state index contributed by atoms with van der Waals surface area (Å²) >= 11 is 0. The highest BCUT2D eigenvalue weighted by molar-refractivity contribution is 4.82. The first-order valence-electron chi connectivity index (χ1n) is 6.29. The molecule has 1 saturated carbocycles. The van der Waals surface area contributed by atoms with E-state index in [1.807, 2.05) is 0 Å². The van der Waals surface area contributed by atoms with E-state index >= 15 is 0 Å². The van der Waals surface area contributed by atoms with Crippen LogP contribution < -0.4 is 5.32 Å². The van der Waals surface area contributed by atoms with E-state index in [0.717, 1.165) is 38.2 Å². The van der Waals surface area contributed by atoms with E-state index < -0.39 is 0 Å². The largest absolute Gasteiger partial charge is 0.374 e. The SMILES string of the molecule is C[C@@H]1CCC[C@@H]1NC[C@@H]1CN(C)CCO1. The van der Waals surface area contributed by atoms with Crippen LogP contribution in [0, 0.1) is 5.92 Å². The van der Waals surface area contributed by atoms with Crippen LogP contribution in [0.5, 0.6) is 0 Å². The summed E-state index contributed by atoms with van der Waals surface area (Å²) in [5.41, 5.74) is 0. The fourth-order valence-electron chi connectivity index (χ4n) is 2.72. The number of nitrogens with zero attached hydrogens (tertiary/aromatic N) is 1. The molecule has 3 nitrogen and oxygen atoms in total. The molecule has 2 fully saturated rings. The van der Waals surface area contributed by atoms with Crippen molar-refractivity contribution < 1.29 is 4.74 Å². The predicted octanol–water partition coefficient (Wildman–Crippen LogP) is 1.10. The number of hydrogen-bond acceptors (Lipinski definition) is 3. The number of rotatable bonds is 3. The smallest absolute Gasteiger partial charge is 0.0826 e. The van der Waals surface area contributed by atoms with E-state index in [9.17, 15) is 0 Å². The molecule has 0 radical (unpaired) electrons. The molecule has 1 aliphatic carbocycles. The zero-order valence-corrected chi connectivity index (χ0v) is 10.0. The van der Waals surface area contributed by atoms with E-state index in [-0.39, 0.29) is 0 Å². The Kier molecular flexibility index (Phi) is 4.00. The third-order valence-electron chi connectivity index (χ3n) is 3.81. The molecule has 2 aliphatic rings. The van der Waals surface area contributed by atoms with Crippen LogP contribution in [0.15, 0.2) is 0 Å². The molecule has 1 N–H and O–H groups in total. The van der Waals surface area contributed by atoms with Crippen molar-refractivity contribution >= 4 is 0 Å². The first-order valence-corrected chi connectivity index (χ1v) is 6.29. The fraction of sp³-hybridized carbons (Fsp3) is 1.00. The molecule has 2 rings (SSSR count). The van der Waals surface area contributed by atoms with Gasteiger partial charge in [-0.2, -0.15) is 0 Å². The highest BCUT2D eigenvalue weighted by Gasteiger charge is 2.24. The molecule has 0 aromatic carbocycles. The highest BCUT2D eigenvalue weighted by atomic mass is 16.5. The fourth-order valence-corrected chi connectivity index (χ4v) is 2.72. The van der Waals surface area contributed by atoms with Crippen LogP contribution >= 0.6 is 0 Å². The number of ether oxygens (including phenoxy) is 1. The van der Waals surface area contributed by atoms with Crippen LogP contribution in [0.2, 0.25) is 0 Å². The molecule has 0 spiro atoms. The van der Waals surface area contributed by atoms with Crippen LogP contribution in [-0.2, 0) is 4.74 Å². The lowest BCUT2D eigenvalue weighted by Gasteiger charge is -2.31. The average Bonchev–Trinajstić information content (AvgIpc) is 2.61. The van der Waals surface area contributed by atoms with Crippen molar-refractivity contribution in [2.24, 2.45) is 5.92 Å². The summed E-state index contributed by atoms with van der Waals surface area (Å²) in [7, 11) is 2.17. The topological polar surface area (TPSA) is 24.5 Å². The highest BCUT2D eigenvalue weighted by Crippen LogP contribution is 2.24. The first kappa shape index (κ1) is 11.4. The Morgan fingerprint density at radius 1 is 1.40 bits per heavy atom. The number of likely N-dealkylation sites (N-methyl/N-ethyl adjacent to an activating group) is 1. The van der Waals surface area contributed by atoms with Crippen LogP contribution in [0.25, 0.3) is 0 Å². The molecular formula is C12H24N2O. The van der Waals surface area contributed by atoms with Crippen molar-refractivity contribution in [2.45, 2.75) is 38.3 Å². The Balaban J connectivity index is 1.68. The van der Waals surface area contributed by atoms with E-state index in [2.05, 4.69) is 24.2 Å². The summed E-state index contributed by atoms with van der Waals surface area (Å²) in [5.74, 6) is 0.853. The summed E-state index contributed by atoms with van der Waals surface area (Å²) < 4.78 is 5.74. The number of hydrogen-bond donors (Lipinski definition) is 1. The number of nitrogens with one attached hydrogen (secondary N) is 1. The maximum atomic E-state index is 5.74. The zero-order chi connectivity index (χ0) is 10.7. The minimum atomic E-state index is 0.400. The maximum Gasteiger partial charge on any atom is 0.0826 e. The van der Waals surface area contributed by atoms with Crippen molar-refractivity contribution in [3.63, 3.8) is 0 Å². The average molecular weight is 212 g/mol. The lowest BCUT2D eigenvalue weighted by Crippen LogP contribution is -2.47. The molecule has 15 heavy (non-hydrogen) atoms. The second-order valence-electron chi connectivity index (χ2n) is 5.18. The van der Waals surface area contributed by atoms with Gasteiger partial charge in [0.1, 0.15) is 0 Å². The van der Waals surface area contributed by atoms with Gasteiger partial charge in [0.25, 0.3) is 0 Å². The van der Waals surface area contributed by atoms with Gasteiger partial charge in [0.05, 0.1) is 12.7 Å². The predicted molar refractivity (Wildman–Crippen MR) is 62.0 cm³/mol. The minimum Gasteiger partial charge on any atom is -0.374 e. The molecule has 3 atom stereocenters. The van der Waals surface area contributed by atoms with Crippen molar-refractivity contribution in [2.75, 3.05) is 33.3 Å². The molecule has 3 heteroatoms. The molecule has 1 aliphatic heterocycles. The molecule has 88 valence electrons. The number of morpholine rings is 1. The Morgan fingerprint density at radius 3 is 2.93 bits per heavy atom. The van der Waals surface area contributed by atoms with Crippen LogP contribution in [0.3, 0.4) is 0 Å². The van der Waals surface area contributed by atoms with Gasteiger partial charge in [-0.05, 0) is 25.8 Å². The van der Waals surface area contributed by atoms with Crippen LogP contribution in [-0.4, -0.2) is 50.3 Å². The van der Waals surface area contributed by atoms with Crippen molar-refractivity contribution in [1.82, 2.24) is 10.2 Å². The molecule has 0 bridgehead atoms.